The van der Waals surface area contributed by atoms with E-state index < -0.39 is 15.2 Å². The van der Waals surface area contributed by atoms with Gasteiger partial charge in [0.25, 0.3) is 0 Å². The maximum absolute atomic E-state index is 11.5. The Balaban J connectivity index is 2.77. The molecule has 118 valence electrons. The molecule has 6 atom stereocenters. The van der Waals surface area contributed by atoms with Gasteiger partial charge >= 0.3 is 0 Å². The zero-order valence-corrected chi connectivity index (χ0v) is 13.9. The summed E-state index contributed by atoms with van der Waals surface area (Å²) in [6.07, 6.45) is -0.449. The van der Waals surface area contributed by atoms with Crippen LogP contribution in [0.2, 0.25) is 0 Å². The molecule has 1 fully saturated rings. The third kappa shape index (κ3) is 4.96. The van der Waals surface area contributed by atoms with Crippen molar-refractivity contribution in [2.75, 3.05) is 33.6 Å². The number of methoxy groups -OCH3 is 1. The number of hydrogen-bond donors (Lipinski definition) is 1. The summed E-state index contributed by atoms with van der Waals surface area (Å²) in [5, 5.41) is 2.97. The Bertz CT molecular complexity index is 360. The van der Waals surface area contributed by atoms with Gasteiger partial charge in [-0.3, -0.25) is 4.79 Å². The van der Waals surface area contributed by atoms with Crippen LogP contribution in [0.3, 0.4) is 0 Å². The highest BCUT2D eigenvalue weighted by Gasteiger charge is 2.41. The van der Waals surface area contributed by atoms with E-state index in [0.29, 0.717) is 6.61 Å². The van der Waals surface area contributed by atoms with Crippen molar-refractivity contribution in [3.63, 3.8) is 0 Å². The number of carbonyl (C=O) groups excluding carboxylic acids is 1. The Morgan fingerprint density at radius 2 is 2.10 bits per heavy atom. The molecule has 0 aromatic heterocycles. The van der Waals surface area contributed by atoms with E-state index in [-0.39, 0.29) is 42.6 Å². The standard InChI is InChI=1S/C14H28NO4P/c1-9-10(2)14(15-11(3)16)13(8-18-20(5)6)19-12(9)7-17-4/h9-10,12-14H,7-8H2,1-6H3,(H,15,16)/t9-,10-,12-,13+,14+/m1/s1/i4TD/t4?,9-,10-,12-,13+,14+. The van der Waals surface area contributed by atoms with Gasteiger partial charge in [-0.1, -0.05) is 13.8 Å². The molecule has 1 rings (SSSR count). The second-order valence-corrected chi connectivity index (χ2v) is 7.48. The highest BCUT2D eigenvalue weighted by atomic mass is 31.1. The predicted octanol–water partition coefficient (Wildman–Crippen LogP) is 1.85. The smallest absolute Gasteiger partial charge is 0.217 e. The molecule has 0 bridgehead atoms. The fourth-order valence-corrected chi connectivity index (χ4v) is 2.99. The van der Waals surface area contributed by atoms with Crippen molar-refractivity contribution < 1.29 is 21.5 Å². The topological polar surface area (TPSA) is 56.8 Å². The number of hydrogen-bond acceptors (Lipinski definition) is 4. The Morgan fingerprint density at radius 3 is 2.65 bits per heavy atom. The summed E-state index contributed by atoms with van der Waals surface area (Å²) in [6.45, 7) is 10.3. The molecule has 0 spiro atoms. The van der Waals surface area contributed by atoms with Crippen molar-refractivity contribution in [3.8, 4) is 0 Å². The summed E-state index contributed by atoms with van der Waals surface area (Å²) in [7, 11) is -1.82. The molecule has 0 saturated carbocycles. The first-order valence-electron chi connectivity index (χ1n) is 8.06. The minimum Gasteiger partial charge on any atom is -0.382 e. The number of ether oxygens (including phenoxy) is 2. The number of rotatable bonds is 6. The molecule has 1 heterocycles. The molecule has 1 amide bonds. The van der Waals surface area contributed by atoms with Gasteiger partial charge in [0.05, 0.1) is 28.1 Å². The molecule has 0 aromatic carbocycles. The predicted molar refractivity (Wildman–Crippen MR) is 81.2 cm³/mol. The van der Waals surface area contributed by atoms with E-state index >= 15 is 0 Å². The Kier molecular flexibility index (Phi) is 6.09. The fraction of sp³-hybridized carbons (Fsp3) is 0.929. The van der Waals surface area contributed by atoms with Crippen LogP contribution in [0, 0.1) is 11.8 Å². The number of carbonyl (C=O) groups is 1. The molecule has 20 heavy (non-hydrogen) atoms. The van der Waals surface area contributed by atoms with Crippen molar-refractivity contribution in [1.29, 1.82) is 0 Å². The number of nitrogens with one attached hydrogen (secondary N) is 1. The van der Waals surface area contributed by atoms with Crippen molar-refractivity contribution >= 4 is 14.1 Å². The van der Waals surface area contributed by atoms with Crippen LogP contribution in [-0.2, 0) is 18.8 Å². The van der Waals surface area contributed by atoms with E-state index in [2.05, 4.69) is 12.2 Å². The minimum atomic E-state index is -1.31. The summed E-state index contributed by atoms with van der Waals surface area (Å²) in [5.74, 6) is 0.256. The van der Waals surface area contributed by atoms with Gasteiger partial charge in [-0.2, -0.15) is 0 Å². The van der Waals surface area contributed by atoms with Crippen LogP contribution in [0.15, 0.2) is 0 Å². The molecule has 1 unspecified atom stereocenters. The minimum absolute atomic E-state index is 0.0833. The van der Waals surface area contributed by atoms with Crippen molar-refractivity contribution in [2.24, 2.45) is 11.8 Å². The zero-order valence-electron chi connectivity index (χ0n) is 15.0. The average Bonchev–Trinajstić information content (AvgIpc) is 2.41. The van der Waals surface area contributed by atoms with Crippen LogP contribution in [0.1, 0.15) is 23.5 Å². The summed E-state index contributed by atoms with van der Waals surface area (Å²) >= 11 is 0. The fourth-order valence-electron chi connectivity index (χ4n) is 2.55. The van der Waals surface area contributed by atoms with Crippen molar-refractivity contribution in [2.45, 2.75) is 39.0 Å². The molecular weight excluding hydrogens is 277 g/mol. The van der Waals surface area contributed by atoms with E-state index in [9.17, 15) is 4.79 Å². The van der Waals surface area contributed by atoms with Gasteiger partial charge in [-0.15, -0.1) is 0 Å². The first-order chi connectivity index (χ1) is 10.2. The average molecular weight is 308 g/mol. The van der Waals surface area contributed by atoms with E-state index in [1.807, 2.05) is 20.3 Å². The van der Waals surface area contributed by atoms with Crippen LogP contribution in [0.25, 0.3) is 0 Å². The SMILES string of the molecule is [2H]C([3H])OC[C@H]1O[C@@H](COP(C)C)[C@@H](NC(C)=O)[C@H](C)[C@H]1C. The molecule has 1 saturated heterocycles. The molecule has 0 aromatic rings. The van der Waals surface area contributed by atoms with Gasteiger partial charge in [-0.05, 0) is 25.2 Å². The molecular formula is C14H28NO4P. The molecule has 0 aliphatic carbocycles. The summed E-state index contributed by atoms with van der Waals surface area (Å²) < 4.78 is 31.1. The Morgan fingerprint density at radius 1 is 1.40 bits per heavy atom. The first-order valence-corrected chi connectivity index (χ1v) is 9.06. The third-order valence-electron chi connectivity index (χ3n) is 3.86. The van der Waals surface area contributed by atoms with Crippen molar-refractivity contribution in [1.82, 2.24) is 5.32 Å². The van der Waals surface area contributed by atoms with E-state index in [1.165, 1.54) is 6.92 Å². The lowest BCUT2D eigenvalue weighted by molar-refractivity contribution is -0.154. The van der Waals surface area contributed by atoms with Crippen LogP contribution in [0.5, 0.6) is 0 Å². The van der Waals surface area contributed by atoms with Gasteiger partial charge < -0.3 is 19.3 Å². The summed E-state index contributed by atoms with van der Waals surface area (Å²) in [4.78, 5) is 11.5. The first kappa shape index (κ1) is 14.7. The quantitative estimate of drug-likeness (QED) is 0.761. The largest absolute Gasteiger partial charge is 0.382 e. The van der Waals surface area contributed by atoms with Gasteiger partial charge in [0.2, 0.25) is 5.91 Å². The Labute approximate surface area is 126 Å². The monoisotopic (exact) mass is 308 g/mol. The maximum atomic E-state index is 11.5. The van der Waals surface area contributed by atoms with Crippen LogP contribution in [0.4, 0.5) is 0 Å². The highest BCUT2D eigenvalue weighted by molar-refractivity contribution is 7.50. The normalized spacial score (nSPS) is 37.2. The van der Waals surface area contributed by atoms with Gasteiger partial charge in [0.1, 0.15) is 6.10 Å². The van der Waals surface area contributed by atoms with Gasteiger partial charge in [0.15, 0.2) is 0 Å². The second-order valence-electron chi connectivity index (χ2n) is 5.60. The van der Waals surface area contributed by atoms with E-state index in [1.54, 1.807) is 0 Å². The van der Waals surface area contributed by atoms with E-state index in [0.717, 1.165) is 0 Å². The van der Waals surface area contributed by atoms with Crippen LogP contribution in [-0.4, -0.2) is 57.8 Å². The van der Waals surface area contributed by atoms with Crippen molar-refractivity contribution in [3.05, 3.63) is 0 Å². The lowest BCUT2D eigenvalue weighted by Gasteiger charge is -2.45. The molecule has 1 aliphatic heterocycles. The molecule has 1 N–H and O–H groups in total. The second kappa shape index (κ2) is 8.28. The highest BCUT2D eigenvalue weighted by Crippen LogP contribution is 2.33. The van der Waals surface area contributed by atoms with Gasteiger partial charge in [-0.25, -0.2) is 0 Å². The molecule has 1 aliphatic rings. The zero-order chi connectivity index (χ0) is 16.9. The molecule has 6 heteroatoms. The lowest BCUT2D eigenvalue weighted by atomic mass is 9.80. The summed E-state index contributed by atoms with van der Waals surface area (Å²) in [6, 6.07) is -0.110. The lowest BCUT2D eigenvalue weighted by Crippen LogP contribution is -2.58. The molecule has 0 radical (unpaired) electrons. The van der Waals surface area contributed by atoms with Crippen LogP contribution >= 0.6 is 8.15 Å². The van der Waals surface area contributed by atoms with Gasteiger partial charge in [0, 0.05) is 22.1 Å². The van der Waals surface area contributed by atoms with Crippen LogP contribution < -0.4 is 5.32 Å². The molecule has 5 nitrogen and oxygen atoms in total. The summed E-state index contributed by atoms with van der Waals surface area (Å²) in [5.41, 5.74) is 0. The van der Waals surface area contributed by atoms with E-state index in [4.69, 9.17) is 16.7 Å². The number of amides is 1. The Hall–Kier alpha value is -0.220. The maximum Gasteiger partial charge on any atom is 0.217 e. The third-order valence-corrected chi connectivity index (χ3v) is 4.53.